The number of aryl methyl sites for hydroxylation is 1. The molecule has 4 aromatic rings. The molecule has 1 heterocycles. The second-order valence-corrected chi connectivity index (χ2v) is 8.40. The number of hydrogen-bond donors (Lipinski definition) is 0. The number of benzene rings is 3. The van der Waals surface area contributed by atoms with Crippen LogP contribution in [0.2, 0.25) is 0 Å². The van der Waals surface area contributed by atoms with Crippen molar-refractivity contribution in [3.05, 3.63) is 95.8 Å². The Kier molecular flexibility index (Phi) is 6.81. The molecule has 0 aliphatic rings. The zero-order valence-corrected chi connectivity index (χ0v) is 18.3. The van der Waals surface area contributed by atoms with Crippen LogP contribution in [-0.2, 0) is 13.0 Å². The lowest BCUT2D eigenvalue weighted by atomic mass is 9.99. The fourth-order valence-electron chi connectivity index (χ4n) is 3.47. The molecule has 3 aromatic carbocycles. The number of hydrogen-bond acceptors (Lipinski definition) is 4. The van der Waals surface area contributed by atoms with Gasteiger partial charge < -0.3 is 4.57 Å². The molecule has 1 aromatic heterocycles. The number of unbranched alkanes of at least 4 members (excludes halogenated alkanes) is 1. The number of aromatic nitrogens is 3. The van der Waals surface area contributed by atoms with Crippen LogP contribution in [-0.4, -0.2) is 14.8 Å². The molecule has 4 nitrogen and oxygen atoms in total. The van der Waals surface area contributed by atoms with Gasteiger partial charge in [-0.2, -0.15) is 5.26 Å². The molecule has 31 heavy (non-hydrogen) atoms. The highest BCUT2D eigenvalue weighted by Gasteiger charge is 2.14. The fourth-order valence-corrected chi connectivity index (χ4v) is 4.34. The lowest BCUT2D eigenvalue weighted by Gasteiger charge is -2.11. The summed E-state index contributed by atoms with van der Waals surface area (Å²) < 4.78 is 2.23. The quantitative estimate of drug-likeness (QED) is 0.330. The highest BCUT2D eigenvalue weighted by atomic mass is 32.2. The summed E-state index contributed by atoms with van der Waals surface area (Å²) in [6.45, 7) is 2.92. The molecule has 0 N–H and O–H groups in total. The van der Waals surface area contributed by atoms with Gasteiger partial charge in [0.1, 0.15) is 5.82 Å². The van der Waals surface area contributed by atoms with Crippen LogP contribution in [0.15, 0.2) is 88.9 Å². The van der Waals surface area contributed by atoms with Crippen molar-refractivity contribution >= 4 is 11.8 Å². The van der Waals surface area contributed by atoms with Gasteiger partial charge in [0.25, 0.3) is 0 Å². The topological polar surface area (TPSA) is 54.5 Å². The van der Waals surface area contributed by atoms with Gasteiger partial charge in [0.2, 0.25) is 0 Å². The zero-order chi connectivity index (χ0) is 21.5. The molecule has 0 atom stereocenters. The highest BCUT2D eigenvalue weighted by Crippen LogP contribution is 2.28. The largest absolute Gasteiger partial charge is 0.301 e. The van der Waals surface area contributed by atoms with Crippen LogP contribution in [0.4, 0.5) is 0 Å². The third-order valence-corrected chi connectivity index (χ3v) is 6.15. The van der Waals surface area contributed by atoms with Crippen LogP contribution in [0.5, 0.6) is 0 Å². The van der Waals surface area contributed by atoms with Gasteiger partial charge in [-0.3, -0.25) is 0 Å². The van der Waals surface area contributed by atoms with Gasteiger partial charge in [-0.1, -0.05) is 74.0 Å². The van der Waals surface area contributed by atoms with Gasteiger partial charge in [-0.15, -0.1) is 10.2 Å². The van der Waals surface area contributed by atoms with E-state index in [9.17, 15) is 5.26 Å². The van der Waals surface area contributed by atoms with Crippen molar-refractivity contribution in [3.63, 3.8) is 0 Å². The normalized spacial score (nSPS) is 10.7. The smallest absolute Gasteiger partial charge is 0.196 e. The molecule has 0 fully saturated rings. The molecule has 0 bridgehead atoms. The third-order valence-electron chi connectivity index (χ3n) is 5.15. The minimum atomic E-state index is 0.692. The van der Waals surface area contributed by atoms with Crippen molar-refractivity contribution in [1.82, 2.24) is 14.8 Å². The molecule has 0 saturated carbocycles. The van der Waals surface area contributed by atoms with Crippen molar-refractivity contribution in [1.29, 1.82) is 5.26 Å². The average molecular weight is 425 g/mol. The predicted molar refractivity (Wildman–Crippen MR) is 125 cm³/mol. The summed E-state index contributed by atoms with van der Waals surface area (Å²) in [6, 6.07) is 28.7. The van der Waals surface area contributed by atoms with Crippen molar-refractivity contribution in [3.8, 4) is 17.2 Å². The summed E-state index contributed by atoms with van der Waals surface area (Å²) in [5.74, 6) is 1.03. The maximum Gasteiger partial charge on any atom is 0.196 e. The molecule has 0 spiro atoms. The molecule has 154 valence electrons. The zero-order valence-electron chi connectivity index (χ0n) is 17.5. The SMILES string of the molecule is CCCCc1nnc(Sc2ccccc2)n1Cc1ccc(-c2ccccc2C#N)cc1. The predicted octanol–water partition coefficient (Wildman–Crippen LogP) is 6.36. The van der Waals surface area contributed by atoms with Crippen LogP contribution < -0.4 is 0 Å². The first-order valence-corrected chi connectivity index (χ1v) is 11.3. The lowest BCUT2D eigenvalue weighted by molar-refractivity contribution is 0.642. The van der Waals surface area contributed by atoms with Gasteiger partial charge in [0.15, 0.2) is 5.16 Å². The monoisotopic (exact) mass is 424 g/mol. The van der Waals surface area contributed by atoms with E-state index in [2.05, 4.69) is 64.2 Å². The standard InChI is InChI=1S/C26H24N4S/c1-2-3-13-25-28-29-26(31-23-10-5-4-6-11-23)30(25)19-20-14-16-21(17-15-20)24-12-8-7-9-22(24)18-27/h4-12,14-17H,2-3,13,19H2,1H3. The Balaban J connectivity index is 1.60. The molecule has 5 heteroatoms. The first-order chi connectivity index (χ1) is 15.3. The van der Waals surface area contributed by atoms with Gasteiger partial charge in [-0.05, 0) is 53.1 Å². The molecule has 0 radical (unpaired) electrons. The van der Waals surface area contributed by atoms with E-state index in [4.69, 9.17) is 0 Å². The Hall–Kier alpha value is -3.36. The van der Waals surface area contributed by atoms with Crippen molar-refractivity contribution in [2.45, 2.75) is 42.8 Å². The van der Waals surface area contributed by atoms with Crippen LogP contribution in [0, 0.1) is 11.3 Å². The number of rotatable bonds is 8. The Labute approximate surface area is 187 Å². The molecular weight excluding hydrogens is 400 g/mol. The van der Waals surface area contributed by atoms with E-state index in [1.807, 2.05) is 42.5 Å². The van der Waals surface area contributed by atoms with Gasteiger partial charge >= 0.3 is 0 Å². The Morgan fingerprint density at radius 2 is 1.65 bits per heavy atom. The summed E-state index contributed by atoms with van der Waals surface area (Å²) in [5.41, 5.74) is 3.89. The van der Waals surface area contributed by atoms with E-state index in [1.165, 1.54) is 5.56 Å². The van der Waals surface area contributed by atoms with Gasteiger partial charge in [-0.25, -0.2) is 0 Å². The maximum atomic E-state index is 9.39. The second-order valence-electron chi connectivity index (χ2n) is 7.36. The molecule has 0 amide bonds. The second kappa shape index (κ2) is 10.1. The van der Waals surface area contributed by atoms with Crippen molar-refractivity contribution in [2.75, 3.05) is 0 Å². The van der Waals surface area contributed by atoms with E-state index in [1.54, 1.807) is 11.8 Å². The molecule has 0 aliphatic heterocycles. The molecular formula is C26H24N4S. The molecule has 4 rings (SSSR count). The van der Waals surface area contributed by atoms with Gasteiger partial charge in [0, 0.05) is 11.3 Å². The molecule has 0 saturated heterocycles. The van der Waals surface area contributed by atoms with E-state index in [-0.39, 0.29) is 0 Å². The first kappa shape index (κ1) is 20.9. The van der Waals surface area contributed by atoms with Crippen molar-refractivity contribution in [2.24, 2.45) is 0 Å². The Morgan fingerprint density at radius 1 is 0.903 bits per heavy atom. The van der Waals surface area contributed by atoms with Crippen LogP contribution in [0.25, 0.3) is 11.1 Å². The van der Waals surface area contributed by atoms with Crippen LogP contribution in [0.3, 0.4) is 0 Å². The maximum absolute atomic E-state index is 9.39. The van der Waals surface area contributed by atoms with Gasteiger partial charge in [0.05, 0.1) is 18.2 Å². The third kappa shape index (κ3) is 5.04. The van der Waals surface area contributed by atoms with Crippen molar-refractivity contribution < 1.29 is 0 Å². The first-order valence-electron chi connectivity index (χ1n) is 10.5. The van der Waals surface area contributed by atoms with E-state index in [0.717, 1.165) is 52.8 Å². The molecule has 0 aliphatic carbocycles. The minimum absolute atomic E-state index is 0.692. The average Bonchev–Trinajstić information content (AvgIpc) is 3.19. The summed E-state index contributed by atoms with van der Waals surface area (Å²) in [5, 5.41) is 19.3. The van der Waals surface area contributed by atoms with Crippen LogP contribution in [0.1, 0.15) is 36.7 Å². The summed E-state index contributed by atoms with van der Waals surface area (Å²) in [4.78, 5) is 1.15. The molecule has 0 unspecified atom stereocenters. The summed E-state index contributed by atoms with van der Waals surface area (Å²) in [7, 11) is 0. The Bertz CT molecular complexity index is 1170. The lowest BCUT2D eigenvalue weighted by Crippen LogP contribution is -2.07. The van der Waals surface area contributed by atoms with E-state index in [0.29, 0.717) is 5.56 Å². The summed E-state index contributed by atoms with van der Waals surface area (Å²) in [6.07, 6.45) is 3.14. The highest BCUT2D eigenvalue weighted by molar-refractivity contribution is 7.99. The number of nitriles is 1. The van der Waals surface area contributed by atoms with E-state index < -0.39 is 0 Å². The Morgan fingerprint density at radius 3 is 2.39 bits per heavy atom. The fraction of sp³-hybridized carbons (Fsp3) is 0.192. The van der Waals surface area contributed by atoms with E-state index >= 15 is 0 Å². The summed E-state index contributed by atoms with van der Waals surface area (Å²) >= 11 is 1.65. The number of nitrogens with zero attached hydrogens (tertiary/aromatic N) is 4. The minimum Gasteiger partial charge on any atom is -0.301 e. The van der Waals surface area contributed by atoms with Crippen LogP contribution >= 0.6 is 11.8 Å².